The molecule has 1 aromatic heterocycles. The Labute approximate surface area is 199 Å². The van der Waals surface area contributed by atoms with Crippen LogP contribution in [0.5, 0.6) is 0 Å². The summed E-state index contributed by atoms with van der Waals surface area (Å²) in [6.45, 7) is 3.11. The van der Waals surface area contributed by atoms with Crippen LogP contribution in [0.25, 0.3) is 5.69 Å². The van der Waals surface area contributed by atoms with Crippen LogP contribution in [0.2, 0.25) is 0 Å². The van der Waals surface area contributed by atoms with Gasteiger partial charge in [-0.25, -0.2) is 4.98 Å². The van der Waals surface area contributed by atoms with Gasteiger partial charge in [-0.3, -0.25) is 9.35 Å². The molecule has 2 heterocycles. The topological polar surface area (TPSA) is 125 Å². The molecule has 1 amide bonds. The molecule has 0 aliphatic carbocycles. The van der Waals surface area contributed by atoms with Crippen LogP contribution in [0.15, 0.2) is 70.7 Å². The fourth-order valence-corrected chi connectivity index (χ4v) is 4.59. The summed E-state index contributed by atoms with van der Waals surface area (Å²) in [6, 6.07) is 16.5. The van der Waals surface area contributed by atoms with Crippen LogP contribution in [0, 0.1) is 6.92 Å². The van der Waals surface area contributed by atoms with Gasteiger partial charge in [0.15, 0.2) is 0 Å². The minimum Gasteiger partial charge on any atom is -0.381 e. The van der Waals surface area contributed by atoms with Crippen molar-refractivity contribution >= 4 is 27.8 Å². The third kappa shape index (κ3) is 6.67. The van der Waals surface area contributed by atoms with Gasteiger partial charge in [-0.05, 0) is 61.7 Å². The van der Waals surface area contributed by atoms with Gasteiger partial charge < -0.3 is 15.0 Å². The lowest BCUT2D eigenvalue weighted by atomic mass is 9.73. The van der Waals surface area contributed by atoms with Crippen molar-refractivity contribution in [2.75, 3.05) is 19.5 Å². The van der Waals surface area contributed by atoms with E-state index >= 15 is 0 Å². The predicted molar refractivity (Wildman–Crippen MR) is 129 cm³/mol. The molecule has 1 saturated heterocycles. The molecule has 1 aliphatic rings. The van der Waals surface area contributed by atoms with Crippen LogP contribution in [0.1, 0.15) is 25.7 Å². The van der Waals surface area contributed by atoms with Crippen molar-refractivity contribution in [2.45, 2.75) is 35.0 Å². The fraction of sp³-hybridized carbons (Fsp3) is 0.304. The molecule has 8 nitrogen and oxygen atoms in total. The number of primary amides is 1. The van der Waals surface area contributed by atoms with Crippen LogP contribution in [0.4, 0.5) is 0 Å². The second-order valence-electron chi connectivity index (χ2n) is 7.76. The molecule has 0 unspecified atom stereocenters. The van der Waals surface area contributed by atoms with E-state index in [2.05, 4.69) is 45.9 Å². The van der Waals surface area contributed by atoms with Crippen LogP contribution in [-0.4, -0.2) is 47.9 Å². The van der Waals surface area contributed by atoms with Gasteiger partial charge >= 0.3 is 0 Å². The van der Waals surface area contributed by atoms with E-state index in [1.165, 1.54) is 0 Å². The summed E-state index contributed by atoms with van der Waals surface area (Å²) >= 11 is 1.68. The van der Waals surface area contributed by atoms with Crippen molar-refractivity contribution in [2.24, 2.45) is 5.73 Å². The van der Waals surface area contributed by atoms with E-state index in [0.717, 1.165) is 26.9 Å². The summed E-state index contributed by atoms with van der Waals surface area (Å²) < 4.78 is 33.4. The maximum absolute atomic E-state index is 12.3. The van der Waals surface area contributed by atoms with Crippen LogP contribution in [0.3, 0.4) is 0 Å². The minimum absolute atomic E-state index is 0. The zero-order chi connectivity index (χ0) is 24.1. The fourth-order valence-electron chi connectivity index (χ4n) is 3.72. The zero-order valence-electron chi connectivity index (χ0n) is 18.5. The first-order valence-corrected chi connectivity index (χ1v) is 12.9. The number of nitrogens with two attached hydrogens (primary N) is 1. The van der Waals surface area contributed by atoms with E-state index in [1.54, 1.807) is 18.0 Å². The highest BCUT2D eigenvalue weighted by Gasteiger charge is 2.40. The number of aryl methyl sites for hydroxylation is 1. The molecule has 0 atom stereocenters. The summed E-state index contributed by atoms with van der Waals surface area (Å²) in [5.41, 5.74) is 7.25. The average molecular weight is 492 g/mol. The zero-order valence-corrected chi connectivity index (χ0v) is 20.1. The van der Waals surface area contributed by atoms with Gasteiger partial charge in [-0.15, -0.1) is 0 Å². The third-order valence-corrected chi connectivity index (χ3v) is 6.38. The Bertz CT molecular complexity index is 1200. The van der Waals surface area contributed by atoms with Crippen LogP contribution in [-0.2, 0) is 25.1 Å². The summed E-state index contributed by atoms with van der Waals surface area (Å²) in [7, 11) is -3.67. The second kappa shape index (κ2) is 10.5. The van der Waals surface area contributed by atoms with Gasteiger partial charge in [0, 0.05) is 42.5 Å². The Kier molecular flexibility index (Phi) is 7.96. The Morgan fingerprint density at radius 1 is 1.18 bits per heavy atom. The maximum Gasteiger partial charge on any atom is 0.261 e. The molecule has 3 aromatic rings. The molecule has 178 valence electrons. The van der Waals surface area contributed by atoms with Crippen molar-refractivity contribution in [3.8, 4) is 5.69 Å². The number of rotatable bonds is 5. The lowest BCUT2D eigenvalue weighted by molar-refractivity contribution is -0.127. The minimum atomic E-state index is -3.67. The summed E-state index contributed by atoms with van der Waals surface area (Å²) in [5.74, 6) is 0.694. The summed E-state index contributed by atoms with van der Waals surface area (Å²) in [6.07, 6.45) is 5.74. The Balaban J connectivity index is 0.000000619. The van der Waals surface area contributed by atoms with E-state index in [-0.39, 0.29) is 7.33 Å². The first kappa shape index (κ1) is 25.0. The number of carbonyl (C=O) groups excluding carboxylic acids is 1. The molecule has 0 bridgehead atoms. The molecule has 4 rings (SSSR count). The summed E-state index contributed by atoms with van der Waals surface area (Å²) in [5, 5.41) is 0. The molecular weight excluding hydrogens is 462 g/mol. The highest BCUT2D eigenvalue weighted by atomic mass is 32.2. The van der Waals surface area contributed by atoms with Crippen molar-refractivity contribution in [3.05, 3.63) is 72.3 Å². The molecular formula is C23H29N3O5S2. The number of aromatic nitrogens is 2. The van der Waals surface area contributed by atoms with E-state index < -0.39 is 15.5 Å². The number of imidazole rings is 1. The van der Waals surface area contributed by atoms with Crippen molar-refractivity contribution in [1.82, 2.24) is 9.55 Å². The molecule has 1 aliphatic heterocycles. The maximum atomic E-state index is 12.3. The largest absolute Gasteiger partial charge is 0.381 e. The molecule has 0 radical (unpaired) electrons. The number of hydrogen-bond donors (Lipinski definition) is 2. The third-order valence-electron chi connectivity index (χ3n) is 5.38. The number of carbonyl (C=O) groups is 1. The molecule has 2 aromatic carbocycles. The lowest BCUT2D eigenvalue weighted by Gasteiger charge is -2.34. The monoisotopic (exact) mass is 491 g/mol. The Morgan fingerprint density at radius 2 is 1.82 bits per heavy atom. The van der Waals surface area contributed by atoms with E-state index in [4.69, 9.17) is 15.0 Å². The molecule has 10 heteroatoms. The molecule has 0 spiro atoms. The smallest absolute Gasteiger partial charge is 0.261 e. The Morgan fingerprint density at radius 3 is 2.36 bits per heavy atom. The van der Waals surface area contributed by atoms with E-state index in [1.807, 2.05) is 25.3 Å². The van der Waals surface area contributed by atoms with Gasteiger partial charge in [-0.2, -0.15) is 8.42 Å². The first-order valence-electron chi connectivity index (χ1n) is 10.3. The summed E-state index contributed by atoms with van der Waals surface area (Å²) in [4.78, 5) is 18.8. The van der Waals surface area contributed by atoms with E-state index in [9.17, 15) is 13.2 Å². The SMILES string of the molecule is CS(=O)(=O)O.Cc1nccn1-c1ccc(Sc2cccc(C3(C(N)=O)CCOCC3)c2)cc1.[HH]. The van der Waals surface area contributed by atoms with Crippen molar-refractivity contribution in [1.29, 1.82) is 0 Å². The molecule has 1 fully saturated rings. The number of benzene rings is 2. The molecule has 0 saturated carbocycles. The van der Waals surface area contributed by atoms with Crippen LogP contribution >= 0.6 is 11.8 Å². The van der Waals surface area contributed by atoms with Gasteiger partial charge in [0.25, 0.3) is 10.1 Å². The first-order chi connectivity index (χ1) is 15.6. The number of amides is 1. The highest BCUT2D eigenvalue weighted by molar-refractivity contribution is 7.99. The normalized spacial score (nSPS) is 15.4. The number of hydrogen-bond acceptors (Lipinski definition) is 6. The standard InChI is InChI=1S/C22H23N3O2S.CH4O3S.H2/c1-16-24-11-12-25(16)18-5-7-19(8-6-18)28-20-4-2-3-17(15-20)22(21(23)26)9-13-27-14-10-22;1-5(2,3)4;/h2-8,11-12,15H,9-10,13-14H2,1H3,(H2,23,26);1H3,(H,2,3,4);1H. The number of nitrogens with zero attached hydrogens (tertiary/aromatic N) is 2. The lowest BCUT2D eigenvalue weighted by Crippen LogP contribution is -2.45. The van der Waals surface area contributed by atoms with Crippen LogP contribution < -0.4 is 5.73 Å². The quantitative estimate of drug-likeness (QED) is 0.522. The van der Waals surface area contributed by atoms with Gasteiger partial charge in [-0.1, -0.05) is 23.9 Å². The van der Waals surface area contributed by atoms with Gasteiger partial charge in [0.1, 0.15) is 5.82 Å². The predicted octanol–water partition coefficient (Wildman–Crippen LogP) is 3.62. The average Bonchev–Trinajstić information content (AvgIpc) is 3.19. The Hall–Kier alpha value is -2.66. The highest BCUT2D eigenvalue weighted by Crippen LogP contribution is 2.37. The molecule has 3 N–H and O–H groups in total. The van der Waals surface area contributed by atoms with E-state index in [0.29, 0.717) is 32.3 Å². The van der Waals surface area contributed by atoms with Gasteiger partial charge in [0.2, 0.25) is 5.91 Å². The second-order valence-corrected chi connectivity index (χ2v) is 10.4. The van der Waals surface area contributed by atoms with Gasteiger partial charge in [0.05, 0.1) is 11.7 Å². The number of ether oxygens (including phenoxy) is 1. The van der Waals surface area contributed by atoms with Crippen molar-refractivity contribution < 1.29 is 23.9 Å². The molecule has 33 heavy (non-hydrogen) atoms. The van der Waals surface area contributed by atoms with Crippen molar-refractivity contribution in [3.63, 3.8) is 0 Å².